The van der Waals surface area contributed by atoms with Crippen LogP contribution in [-0.2, 0) is 4.74 Å². The predicted molar refractivity (Wildman–Crippen MR) is 107 cm³/mol. The summed E-state index contributed by atoms with van der Waals surface area (Å²) in [5.74, 6) is -0.235. The third kappa shape index (κ3) is 4.27. The molecule has 1 saturated heterocycles. The van der Waals surface area contributed by atoms with Crippen LogP contribution in [-0.4, -0.2) is 65.4 Å². The first-order valence-corrected chi connectivity index (χ1v) is 9.99. The molecule has 166 valence electrons. The minimum Gasteiger partial charge on any atom is -0.377 e. The first-order chi connectivity index (χ1) is 14.8. The second kappa shape index (κ2) is 8.29. The average molecular weight is 437 g/mol. The van der Waals surface area contributed by atoms with Crippen LogP contribution >= 0.6 is 0 Å². The van der Waals surface area contributed by atoms with Crippen LogP contribution in [0.2, 0.25) is 0 Å². The molecule has 2 aromatic heterocycles. The minimum atomic E-state index is -4.61. The van der Waals surface area contributed by atoms with Crippen LogP contribution in [0.4, 0.5) is 24.9 Å². The number of anilines is 2. The maximum atomic E-state index is 13.7. The van der Waals surface area contributed by atoms with Gasteiger partial charge in [0.1, 0.15) is 17.6 Å². The van der Waals surface area contributed by atoms with Crippen molar-refractivity contribution in [3.63, 3.8) is 0 Å². The SMILES string of the molecule is CC1COCCN1c1cc(=O)n2c(n1)N(CC(=O)c1ccccn1)CCC2C(F)(F)F. The van der Waals surface area contributed by atoms with Crippen LogP contribution in [0.25, 0.3) is 0 Å². The van der Waals surface area contributed by atoms with Gasteiger partial charge in [-0.1, -0.05) is 6.07 Å². The molecular weight excluding hydrogens is 415 g/mol. The highest BCUT2D eigenvalue weighted by atomic mass is 19.4. The number of morpholine rings is 1. The van der Waals surface area contributed by atoms with Crippen LogP contribution in [0.3, 0.4) is 0 Å². The van der Waals surface area contributed by atoms with E-state index in [1.165, 1.54) is 17.2 Å². The van der Waals surface area contributed by atoms with Gasteiger partial charge in [0.15, 0.2) is 5.78 Å². The van der Waals surface area contributed by atoms with E-state index in [1.807, 2.05) is 11.8 Å². The molecule has 0 N–H and O–H groups in total. The number of rotatable bonds is 4. The minimum absolute atomic E-state index is 0.0582. The first kappa shape index (κ1) is 21.3. The summed E-state index contributed by atoms with van der Waals surface area (Å²) < 4.78 is 47.0. The number of Topliss-reactive ketones (excluding diaryl/α,β-unsaturated/α-hetero) is 1. The maximum absolute atomic E-state index is 13.7. The Hall–Kier alpha value is -2.95. The van der Waals surface area contributed by atoms with E-state index in [0.717, 1.165) is 6.07 Å². The fourth-order valence-electron chi connectivity index (χ4n) is 3.95. The third-order valence-electron chi connectivity index (χ3n) is 5.51. The fraction of sp³-hybridized carbons (Fsp3) is 0.500. The van der Waals surface area contributed by atoms with Crippen molar-refractivity contribution in [2.24, 2.45) is 0 Å². The highest BCUT2D eigenvalue weighted by molar-refractivity contribution is 5.97. The summed E-state index contributed by atoms with van der Waals surface area (Å²) >= 11 is 0. The van der Waals surface area contributed by atoms with Crippen molar-refractivity contribution in [2.75, 3.05) is 42.6 Å². The second-order valence-electron chi connectivity index (χ2n) is 7.65. The molecule has 8 nitrogen and oxygen atoms in total. The lowest BCUT2D eigenvalue weighted by atomic mass is 10.1. The summed E-state index contributed by atoms with van der Waals surface area (Å²) in [6.45, 7) is 2.92. The highest BCUT2D eigenvalue weighted by Crippen LogP contribution is 2.38. The topological polar surface area (TPSA) is 80.6 Å². The van der Waals surface area contributed by atoms with Gasteiger partial charge in [0.25, 0.3) is 5.56 Å². The summed E-state index contributed by atoms with van der Waals surface area (Å²) in [6.07, 6.45) is -3.48. The smallest absolute Gasteiger partial charge is 0.377 e. The molecule has 0 radical (unpaired) electrons. The van der Waals surface area contributed by atoms with Crippen LogP contribution in [0, 0.1) is 0 Å². The maximum Gasteiger partial charge on any atom is 0.409 e. The Morgan fingerprint density at radius 1 is 1.29 bits per heavy atom. The van der Waals surface area contributed by atoms with E-state index in [2.05, 4.69) is 9.97 Å². The molecular formula is C20H22F3N5O3. The summed E-state index contributed by atoms with van der Waals surface area (Å²) in [7, 11) is 0. The van der Waals surface area contributed by atoms with Gasteiger partial charge in [-0.2, -0.15) is 18.2 Å². The zero-order valence-electron chi connectivity index (χ0n) is 16.9. The molecule has 11 heteroatoms. The van der Waals surface area contributed by atoms with Crippen molar-refractivity contribution in [3.05, 3.63) is 46.5 Å². The molecule has 0 aliphatic carbocycles. The zero-order valence-corrected chi connectivity index (χ0v) is 16.9. The van der Waals surface area contributed by atoms with Crippen LogP contribution in [0.5, 0.6) is 0 Å². The fourth-order valence-corrected chi connectivity index (χ4v) is 3.95. The van der Waals surface area contributed by atoms with E-state index in [1.54, 1.807) is 12.1 Å². The van der Waals surface area contributed by atoms with Gasteiger partial charge in [0.2, 0.25) is 5.95 Å². The number of nitrogens with zero attached hydrogens (tertiary/aromatic N) is 5. The molecule has 0 saturated carbocycles. The number of hydrogen-bond donors (Lipinski definition) is 0. The second-order valence-corrected chi connectivity index (χ2v) is 7.65. The van der Waals surface area contributed by atoms with E-state index in [4.69, 9.17) is 4.74 Å². The monoisotopic (exact) mass is 437 g/mol. The lowest BCUT2D eigenvalue weighted by Crippen LogP contribution is -2.49. The van der Waals surface area contributed by atoms with Gasteiger partial charge in [-0.05, 0) is 25.5 Å². The standard InChI is InChI=1S/C20H22F3N5O3/c1-13-12-31-9-8-27(13)17-10-18(30)28-16(20(21,22)23)5-7-26(19(28)25-17)11-15(29)14-4-2-3-6-24-14/h2-4,6,10,13,16H,5,7-9,11-12H2,1H3. The van der Waals surface area contributed by atoms with Crippen molar-refractivity contribution in [2.45, 2.75) is 31.6 Å². The molecule has 4 rings (SSSR count). The van der Waals surface area contributed by atoms with Crippen molar-refractivity contribution < 1.29 is 22.7 Å². The van der Waals surface area contributed by atoms with Gasteiger partial charge in [0, 0.05) is 25.4 Å². The van der Waals surface area contributed by atoms with Gasteiger partial charge in [-0.15, -0.1) is 0 Å². The summed E-state index contributed by atoms with van der Waals surface area (Å²) in [5, 5.41) is 0. The van der Waals surface area contributed by atoms with Crippen molar-refractivity contribution >= 4 is 17.5 Å². The van der Waals surface area contributed by atoms with Gasteiger partial charge in [-0.25, -0.2) is 0 Å². The average Bonchev–Trinajstić information content (AvgIpc) is 2.74. The molecule has 0 spiro atoms. The number of ketones is 1. The first-order valence-electron chi connectivity index (χ1n) is 9.99. The van der Waals surface area contributed by atoms with Crippen molar-refractivity contribution in [3.8, 4) is 0 Å². The molecule has 0 bridgehead atoms. The Morgan fingerprint density at radius 3 is 2.77 bits per heavy atom. The molecule has 2 atom stereocenters. The molecule has 1 fully saturated rings. The van der Waals surface area contributed by atoms with Crippen LogP contribution < -0.4 is 15.4 Å². The molecule has 2 aliphatic heterocycles. The Kier molecular flexibility index (Phi) is 5.69. The molecule has 0 amide bonds. The summed E-state index contributed by atoms with van der Waals surface area (Å²) in [5.41, 5.74) is -0.594. The number of carbonyl (C=O) groups is 1. The molecule has 4 heterocycles. The zero-order chi connectivity index (χ0) is 22.2. The van der Waals surface area contributed by atoms with Crippen LogP contribution in [0.15, 0.2) is 35.3 Å². The number of alkyl halides is 3. The highest BCUT2D eigenvalue weighted by Gasteiger charge is 2.46. The van der Waals surface area contributed by atoms with Gasteiger partial charge in [0.05, 0.1) is 25.8 Å². The Labute approximate surface area is 176 Å². The number of carbonyl (C=O) groups excluding carboxylic acids is 1. The largest absolute Gasteiger partial charge is 0.409 e. The van der Waals surface area contributed by atoms with E-state index >= 15 is 0 Å². The van der Waals surface area contributed by atoms with E-state index < -0.39 is 17.8 Å². The lowest BCUT2D eigenvalue weighted by molar-refractivity contribution is -0.170. The number of hydrogen-bond acceptors (Lipinski definition) is 7. The van der Waals surface area contributed by atoms with Crippen LogP contribution in [0.1, 0.15) is 29.9 Å². The normalized spacial score (nSPS) is 21.7. The molecule has 31 heavy (non-hydrogen) atoms. The molecule has 2 aliphatic rings. The number of ether oxygens (including phenoxy) is 1. The van der Waals surface area contributed by atoms with Crippen molar-refractivity contribution in [1.82, 2.24) is 14.5 Å². The van der Waals surface area contributed by atoms with E-state index in [-0.39, 0.29) is 48.8 Å². The van der Waals surface area contributed by atoms with Gasteiger partial charge >= 0.3 is 6.18 Å². The summed E-state index contributed by atoms with van der Waals surface area (Å²) in [6, 6.07) is 3.92. The molecule has 2 aromatic rings. The Morgan fingerprint density at radius 2 is 2.10 bits per heavy atom. The Bertz CT molecular complexity index is 1010. The molecule has 0 aromatic carbocycles. The van der Waals surface area contributed by atoms with Gasteiger partial charge in [-0.3, -0.25) is 19.1 Å². The number of fused-ring (bicyclic) bond motifs is 1. The van der Waals surface area contributed by atoms with Crippen molar-refractivity contribution in [1.29, 1.82) is 0 Å². The van der Waals surface area contributed by atoms with Gasteiger partial charge < -0.3 is 14.5 Å². The third-order valence-corrected chi connectivity index (χ3v) is 5.51. The van der Waals surface area contributed by atoms with E-state index in [0.29, 0.717) is 24.3 Å². The number of aromatic nitrogens is 3. The molecule has 2 unspecified atom stereocenters. The van der Waals surface area contributed by atoms with E-state index in [9.17, 15) is 22.8 Å². The number of pyridine rings is 1. The quantitative estimate of drug-likeness (QED) is 0.678. The number of halogens is 3. The Balaban J connectivity index is 1.74. The lowest BCUT2D eigenvalue weighted by Gasteiger charge is -2.38. The summed E-state index contributed by atoms with van der Waals surface area (Å²) in [4.78, 5) is 37.2. The predicted octanol–water partition coefficient (Wildman–Crippen LogP) is 2.06.